The molecule has 1 unspecified atom stereocenters. The van der Waals surface area contributed by atoms with Crippen LogP contribution >= 0.6 is 0 Å². The van der Waals surface area contributed by atoms with Gasteiger partial charge in [-0.1, -0.05) is 18.2 Å². The van der Waals surface area contributed by atoms with Gasteiger partial charge in [-0.15, -0.1) is 0 Å². The predicted octanol–water partition coefficient (Wildman–Crippen LogP) is 2.26. The number of carbonyl (C=O) groups is 3. The largest absolute Gasteiger partial charge is 0.473 e. The summed E-state index contributed by atoms with van der Waals surface area (Å²) in [4.78, 5) is 39.4. The van der Waals surface area contributed by atoms with E-state index in [0.29, 0.717) is 6.61 Å². The normalized spacial score (nSPS) is 14.9. The Morgan fingerprint density at radius 3 is 2.52 bits per heavy atom. The van der Waals surface area contributed by atoms with Crippen LogP contribution in [-0.2, 0) is 20.7 Å². The van der Waals surface area contributed by atoms with E-state index in [0.717, 1.165) is 30.6 Å². The molecule has 0 bridgehead atoms. The van der Waals surface area contributed by atoms with Crippen LogP contribution in [0.25, 0.3) is 0 Å². The number of H-pyrrole nitrogens is 1. The predicted molar refractivity (Wildman–Crippen MR) is 95.7 cm³/mol. The van der Waals surface area contributed by atoms with Crippen LogP contribution in [0.3, 0.4) is 0 Å². The molecule has 2 aromatic rings. The van der Waals surface area contributed by atoms with Crippen molar-refractivity contribution in [2.24, 2.45) is 0 Å². The number of para-hydroxylation sites is 1. The van der Waals surface area contributed by atoms with Crippen molar-refractivity contribution in [3.8, 4) is 0 Å². The number of hydrogen-bond donors (Lipinski definition) is 3. The summed E-state index contributed by atoms with van der Waals surface area (Å²) >= 11 is 0. The fraction of sp³-hybridized carbons (Fsp3) is 0.333. The van der Waals surface area contributed by atoms with Crippen LogP contribution in [0.1, 0.15) is 30.1 Å². The van der Waals surface area contributed by atoms with E-state index >= 15 is 0 Å². The van der Waals surface area contributed by atoms with Crippen molar-refractivity contribution >= 4 is 23.7 Å². The lowest BCUT2D eigenvalue weighted by molar-refractivity contribution is -0.159. The maximum atomic E-state index is 12.1. The number of benzene rings is 1. The lowest BCUT2D eigenvalue weighted by Crippen LogP contribution is -2.29. The summed E-state index contributed by atoms with van der Waals surface area (Å²) < 4.78 is 5.46. The first-order valence-corrected chi connectivity index (χ1v) is 8.34. The van der Waals surface area contributed by atoms with Crippen LogP contribution < -0.4 is 4.90 Å². The summed E-state index contributed by atoms with van der Waals surface area (Å²) in [5, 5.41) is 14.8. The lowest BCUT2D eigenvalue weighted by Gasteiger charge is -2.23. The molecule has 0 saturated heterocycles. The quantitative estimate of drug-likeness (QED) is 0.701. The number of carbonyl (C=O) groups excluding carboxylic acids is 1. The molecule has 144 valence electrons. The molecule has 0 radical (unpaired) electrons. The summed E-state index contributed by atoms with van der Waals surface area (Å²) in [5.41, 5.74) is 3.06. The summed E-state index contributed by atoms with van der Waals surface area (Å²) in [7, 11) is 1.72. The van der Waals surface area contributed by atoms with Gasteiger partial charge in [0, 0.05) is 24.3 Å². The average Bonchev–Trinajstić information content (AvgIpc) is 3.16. The number of fused-ring (bicyclic) bond motifs is 1. The van der Waals surface area contributed by atoms with Crippen molar-refractivity contribution < 1.29 is 29.3 Å². The number of anilines is 1. The minimum atomic E-state index is -1.82. The molecule has 1 aromatic heterocycles. The van der Waals surface area contributed by atoms with Crippen LogP contribution in [0, 0.1) is 0 Å². The molecule has 1 aliphatic rings. The van der Waals surface area contributed by atoms with Crippen LogP contribution in [-0.4, -0.2) is 51.9 Å². The first-order valence-electron chi connectivity index (χ1n) is 8.34. The fourth-order valence-corrected chi connectivity index (χ4v) is 2.73. The molecule has 1 aliphatic carbocycles. The number of imidazole rings is 1. The third kappa shape index (κ3) is 5.56. The highest BCUT2D eigenvalue weighted by atomic mass is 16.6. The molecule has 27 heavy (non-hydrogen) atoms. The lowest BCUT2D eigenvalue weighted by atomic mass is 9.90. The number of hydrogen-bond acceptors (Lipinski definition) is 5. The second-order valence-electron chi connectivity index (χ2n) is 5.94. The first-order chi connectivity index (χ1) is 12.9. The molecule has 3 N–H and O–H groups in total. The van der Waals surface area contributed by atoms with Gasteiger partial charge in [0.1, 0.15) is 6.61 Å². The van der Waals surface area contributed by atoms with Gasteiger partial charge in [-0.05, 0) is 31.4 Å². The first kappa shape index (κ1) is 20.0. The van der Waals surface area contributed by atoms with Crippen molar-refractivity contribution in [1.82, 2.24) is 9.97 Å². The monoisotopic (exact) mass is 375 g/mol. The number of amides is 1. The van der Waals surface area contributed by atoms with Crippen LogP contribution in [0.4, 0.5) is 10.5 Å². The smallest absolute Gasteiger partial charge is 0.414 e. The topological polar surface area (TPSA) is 133 Å². The van der Waals surface area contributed by atoms with Crippen LogP contribution in [0.5, 0.6) is 0 Å². The molecule has 0 saturated carbocycles. The number of ether oxygens (including phenoxy) is 1. The zero-order chi connectivity index (χ0) is 19.8. The van der Waals surface area contributed by atoms with Gasteiger partial charge in [0.05, 0.1) is 12.0 Å². The van der Waals surface area contributed by atoms with Crippen LogP contribution in [0.2, 0.25) is 0 Å². The Morgan fingerprint density at radius 2 is 1.89 bits per heavy atom. The number of aliphatic carboxylic acids is 2. The van der Waals surface area contributed by atoms with Gasteiger partial charge in [-0.25, -0.2) is 19.4 Å². The number of rotatable bonds is 3. The number of carboxylic acid groups (broad SMARTS) is 2. The summed E-state index contributed by atoms with van der Waals surface area (Å²) in [5.74, 6) is -3.45. The molecule has 1 heterocycles. The molecule has 1 amide bonds. The van der Waals surface area contributed by atoms with Gasteiger partial charge in [-0.3, -0.25) is 4.90 Å². The van der Waals surface area contributed by atoms with Gasteiger partial charge >= 0.3 is 18.0 Å². The second kappa shape index (κ2) is 9.37. The molecular weight excluding hydrogens is 354 g/mol. The van der Waals surface area contributed by atoms with Crippen molar-refractivity contribution in [2.75, 3.05) is 18.6 Å². The number of carboxylic acids is 2. The summed E-state index contributed by atoms with van der Waals surface area (Å²) in [6, 6.07) is 9.48. The van der Waals surface area contributed by atoms with E-state index in [-0.39, 0.29) is 12.0 Å². The molecule has 1 atom stereocenters. The second-order valence-corrected chi connectivity index (χ2v) is 5.94. The third-order valence-electron chi connectivity index (χ3n) is 4.13. The van der Waals surface area contributed by atoms with E-state index in [9.17, 15) is 4.79 Å². The Kier molecular flexibility index (Phi) is 6.93. The molecule has 9 heteroatoms. The standard InChI is InChI=1S/C16H19N3O2.C2H2O4/c1-19(13-7-3-2-4-8-13)16(20)21-10-12-6-5-9-14-15(12)18-11-17-14;3-1(4)2(5)6/h2-4,7-8,11-12H,5-6,9-10H2,1H3,(H,17,18);(H,3,4)(H,5,6). The van der Waals surface area contributed by atoms with Gasteiger partial charge in [0.2, 0.25) is 0 Å². The van der Waals surface area contributed by atoms with E-state index in [1.165, 1.54) is 10.6 Å². The average molecular weight is 375 g/mol. The minimum absolute atomic E-state index is 0.202. The van der Waals surface area contributed by atoms with Gasteiger partial charge in [0.25, 0.3) is 0 Å². The van der Waals surface area contributed by atoms with Gasteiger partial charge in [-0.2, -0.15) is 0 Å². The van der Waals surface area contributed by atoms with Gasteiger partial charge < -0.3 is 19.9 Å². The molecule has 1 aromatic carbocycles. The number of aromatic amines is 1. The van der Waals surface area contributed by atoms with Gasteiger partial charge in [0.15, 0.2) is 0 Å². The molecular formula is C18H21N3O6. The van der Waals surface area contributed by atoms with E-state index in [4.69, 9.17) is 24.5 Å². The molecule has 9 nitrogen and oxygen atoms in total. The van der Waals surface area contributed by atoms with Crippen molar-refractivity contribution in [2.45, 2.75) is 25.2 Å². The number of aryl methyl sites for hydroxylation is 1. The Morgan fingerprint density at radius 1 is 1.22 bits per heavy atom. The van der Waals surface area contributed by atoms with E-state index in [2.05, 4.69) is 9.97 Å². The van der Waals surface area contributed by atoms with E-state index in [1.54, 1.807) is 13.4 Å². The Hall–Kier alpha value is -3.36. The molecule has 0 fully saturated rings. The van der Waals surface area contributed by atoms with Crippen molar-refractivity contribution in [3.63, 3.8) is 0 Å². The zero-order valence-electron chi connectivity index (χ0n) is 14.8. The van der Waals surface area contributed by atoms with E-state index < -0.39 is 11.9 Å². The SMILES string of the molecule is CN(C(=O)OCC1CCCc2[nH]cnc21)c1ccccc1.O=C(O)C(=O)O. The minimum Gasteiger partial charge on any atom is -0.473 e. The highest BCUT2D eigenvalue weighted by molar-refractivity contribution is 6.27. The maximum absolute atomic E-state index is 12.1. The van der Waals surface area contributed by atoms with E-state index in [1.807, 2.05) is 30.3 Å². The zero-order valence-corrected chi connectivity index (χ0v) is 14.8. The van der Waals surface area contributed by atoms with Crippen molar-refractivity contribution in [3.05, 3.63) is 48.0 Å². The Balaban J connectivity index is 0.000000380. The number of aromatic nitrogens is 2. The van der Waals surface area contributed by atoms with Crippen molar-refractivity contribution in [1.29, 1.82) is 0 Å². The third-order valence-corrected chi connectivity index (χ3v) is 4.13. The summed E-state index contributed by atoms with van der Waals surface area (Å²) in [6.07, 6.45) is 4.54. The fourth-order valence-electron chi connectivity index (χ4n) is 2.73. The number of nitrogens with zero attached hydrogens (tertiary/aromatic N) is 2. The summed E-state index contributed by atoms with van der Waals surface area (Å²) in [6.45, 7) is 0.383. The Bertz CT molecular complexity index is 777. The molecule has 0 aliphatic heterocycles. The maximum Gasteiger partial charge on any atom is 0.414 e. The molecule has 3 rings (SSSR count). The highest BCUT2D eigenvalue weighted by Crippen LogP contribution is 2.29. The molecule has 0 spiro atoms. The number of nitrogens with one attached hydrogen (secondary N) is 1. The Labute approximate surface area is 155 Å². The highest BCUT2D eigenvalue weighted by Gasteiger charge is 2.24. The van der Waals surface area contributed by atoms with Crippen LogP contribution in [0.15, 0.2) is 36.7 Å².